The Bertz CT molecular complexity index is 398. The summed E-state index contributed by atoms with van der Waals surface area (Å²) in [7, 11) is 0. The van der Waals surface area contributed by atoms with Crippen LogP contribution in [0.2, 0.25) is 0 Å². The Balaban J connectivity index is 2.18. The van der Waals surface area contributed by atoms with Gasteiger partial charge < -0.3 is 16.0 Å². The molecule has 3 N–H and O–H groups in total. The predicted octanol–water partition coefficient (Wildman–Crippen LogP) is 1.82. The maximum Gasteiger partial charge on any atom is 0.223 e. The first kappa shape index (κ1) is 13.3. The molecule has 0 aromatic carbocycles. The fourth-order valence-electron chi connectivity index (χ4n) is 2.01. The number of rotatable bonds is 4. The van der Waals surface area contributed by atoms with Crippen molar-refractivity contribution in [2.75, 3.05) is 40.5 Å². The maximum absolute atomic E-state index is 5.79. The Morgan fingerprint density at radius 1 is 1.56 bits per heavy atom. The minimum atomic E-state index is 0.344. The highest BCUT2D eigenvalue weighted by atomic mass is 32.2. The van der Waals surface area contributed by atoms with Gasteiger partial charge in [-0.25, -0.2) is 0 Å². The Morgan fingerprint density at radius 3 is 3.11 bits per heavy atom. The van der Waals surface area contributed by atoms with Crippen molar-refractivity contribution >= 4 is 29.3 Å². The molecule has 0 saturated carbocycles. The average molecular weight is 267 g/mol. The van der Waals surface area contributed by atoms with Crippen LogP contribution in [0.25, 0.3) is 0 Å². The zero-order valence-electron chi connectivity index (χ0n) is 11.0. The zero-order chi connectivity index (χ0) is 13.0. The number of nitrogen functional groups attached to an aromatic ring is 1. The van der Waals surface area contributed by atoms with Gasteiger partial charge in [-0.15, -0.1) is 0 Å². The van der Waals surface area contributed by atoms with E-state index in [1.165, 1.54) is 0 Å². The molecule has 1 atom stereocenters. The number of hydrogen-bond donors (Lipinski definition) is 2. The van der Waals surface area contributed by atoms with Crippen molar-refractivity contribution in [3.8, 4) is 0 Å². The Labute approximate surface area is 113 Å². The van der Waals surface area contributed by atoms with Gasteiger partial charge in [0.1, 0.15) is 11.6 Å². The minimum absolute atomic E-state index is 0.344. The number of nitrogens with one attached hydrogen (secondary N) is 1. The van der Waals surface area contributed by atoms with Gasteiger partial charge in [0.25, 0.3) is 0 Å². The fourth-order valence-corrected chi connectivity index (χ4v) is 3.02. The maximum atomic E-state index is 5.79. The van der Waals surface area contributed by atoms with E-state index >= 15 is 0 Å². The molecule has 0 aliphatic carbocycles. The highest BCUT2D eigenvalue weighted by molar-refractivity contribution is 7.99. The first-order valence-electron chi connectivity index (χ1n) is 6.43. The number of nitrogens with zero attached hydrogens (tertiary/aromatic N) is 3. The summed E-state index contributed by atoms with van der Waals surface area (Å²) in [5, 5.41) is 3.27. The van der Waals surface area contributed by atoms with Crippen LogP contribution in [0.1, 0.15) is 20.3 Å². The van der Waals surface area contributed by atoms with Crippen LogP contribution < -0.4 is 16.0 Å². The van der Waals surface area contributed by atoms with Crippen LogP contribution in [0.5, 0.6) is 0 Å². The first-order chi connectivity index (χ1) is 8.70. The van der Waals surface area contributed by atoms with E-state index < -0.39 is 0 Å². The smallest absolute Gasteiger partial charge is 0.223 e. The summed E-state index contributed by atoms with van der Waals surface area (Å²) in [6.07, 6.45) is 1.07. The molecule has 1 unspecified atom stereocenters. The third-order valence-electron chi connectivity index (χ3n) is 2.95. The summed E-state index contributed by atoms with van der Waals surface area (Å²) in [6.45, 7) is 6.28. The van der Waals surface area contributed by atoms with Crippen LogP contribution >= 0.6 is 11.8 Å². The van der Waals surface area contributed by atoms with Crippen LogP contribution in [-0.2, 0) is 0 Å². The summed E-state index contributed by atoms with van der Waals surface area (Å²) in [5.74, 6) is 4.39. The molecule has 0 radical (unpaired) electrons. The number of nitrogens with two attached hydrogens (primary N) is 1. The monoisotopic (exact) mass is 267 g/mol. The van der Waals surface area contributed by atoms with Gasteiger partial charge in [-0.2, -0.15) is 21.7 Å². The Kier molecular flexibility index (Phi) is 4.52. The van der Waals surface area contributed by atoms with Crippen molar-refractivity contribution in [3.05, 3.63) is 6.07 Å². The number of thioether (sulfide) groups is 1. The minimum Gasteiger partial charge on any atom is -0.370 e. The van der Waals surface area contributed by atoms with E-state index in [9.17, 15) is 0 Å². The molecule has 2 rings (SSSR count). The molecule has 5 nitrogen and oxygen atoms in total. The standard InChI is InChI=1S/C12H21N5S/c1-3-4-14-10-7-11(16-12(13)15-10)17-5-6-18-8-9(17)2/h7,9H,3-6,8H2,1-2H3,(H3,13,14,15,16). The van der Waals surface area contributed by atoms with E-state index in [1.54, 1.807) is 0 Å². The average Bonchev–Trinajstić information content (AvgIpc) is 2.36. The lowest BCUT2D eigenvalue weighted by Gasteiger charge is -2.34. The molecule has 0 bridgehead atoms. The number of hydrogen-bond acceptors (Lipinski definition) is 6. The van der Waals surface area contributed by atoms with E-state index in [0.717, 1.165) is 42.7 Å². The SMILES string of the molecule is CCCNc1cc(N2CCSCC2C)nc(N)n1. The molecular weight excluding hydrogens is 246 g/mol. The topological polar surface area (TPSA) is 67.1 Å². The van der Waals surface area contributed by atoms with Crippen molar-refractivity contribution in [3.63, 3.8) is 0 Å². The third kappa shape index (κ3) is 3.19. The number of aromatic nitrogens is 2. The van der Waals surface area contributed by atoms with Crippen LogP contribution in [-0.4, -0.2) is 40.6 Å². The van der Waals surface area contributed by atoms with E-state index in [-0.39, 0.29) is 0 Å². The normalized spacial score (nSPS) is 19.9. The molecule has 1 aromatic rings. The molecule has 1 aliphatic rings. The second kappa shape index (κ2) is 6.13. The van der Waals surface area contributed by atoms with Crippen LogP contribution in [0.4, 0.5) is 17.6 Å². The molecule has 2 heterocycles. The van der Waals surface area contributed by atoms with Gasteiger partial charge in [-0.05, 0) is 13.3 Å². The van der Waals surface area contributed by atoms with Crippen LogP contribution in [0.15, 0.2) is 6.07 Å². The highest BCUT2D eigenvalue weighted by Crippen LogP contribution is 2.24. The molecular formula is C12H21N5S. The van der Waals surface area contributed by atoms with E-state index in [2.05, 4.69) is 34.0 Å². The summed E-state index contributed by atoms with van der Waals surface area (Å²) in [5.41, 5.74) is 5.79. The van der Waals surface area contributed by atoms with Gasteiger partial charge in [0.05, 0.1) is 0 Å². The van der Waals surface area contributed by atoms with Gasteiger partial charge in [0.15, 0.2) is 0 Å². The van der Waals surface area contributed by atoms with E-state index in [4.69, 9.17) is 5.73 Å². The predicted molar refractivity (Wildman–Crippen MR) is 79.4 cm³/mol. The summed E-state index contributed by atoms with van der Waals surface area (Å²) >= 11 is 1.99. The van der Waals surface area contributed by atoms with Crippen LogP contribution in [0, 0.1) is 0 Å². The van der Waals surface area contributed by atoms with Crippen LogP contribution in [0.3, 0.4) is 0 Å². The number of anilines is 3. The molecule has 1 saturated heterocycles. The van der Waals surface area contributed by atoms with Crippen molar-refractivity contribution in [1.82, 2.24) is 9.97 Å². The van der Waals surface area contributed by atoms with E-state index in [0.29, 0.717) is 12.0 Å². The van der Waals surface area contributed by atoms with Gasteiger partial charge in [0.2, 0.25) is 5.95 Å². The Morgan fingerprint density at radius 2 is 2.39 bits per heavy atom. The largest absolute Gasteiger partial charge is 0.370 e. The molecule has 0 amide bonds. The third-order valence-corrected chi connectivity index (χ3v) is 4.14. The molecule has 0 spiro atoms. The van der Waals surface area contributed by atoms with Crippen molar-refractivity contribution in [2.45, 2.75) is 26.3 Å². The second-order valence-electron chi connectivity index (χ2n) is 4.51. The van der Waals surface area contributed by atoms with Crippen molar-refractivity contribution < 1.29 is 0 Å². The highest BCUT2D eigenvalue weighted by Gasteiger charge is 2.20. The van der Waals surface area contributed by atoms with Gasteiger partial charge >= 0.3 is 0 Å². The fraction of sp³-hybridized carbons (Fsp3) is 0.667. The molecule has 1 aliphatic heterocycles. The lowest BCUT2D eigenvalue weighted by Crippen LogP contribution is -2.41. The van der Waals surface area contributed by atoms with Gasteiger partial charge in [0, 0.05) is 36.7 Å². The summed E-state index contributed by atoms with van der Waals surface area (Å²) < 4.78 is 0. The molecule has 1 fully saturated rings. The van der Waals surface area contributed by atoms with Gasteiger partial charge in [-0.1, -0.05) is 6.92 Å². The summed E-state index contributed by atoms with van der Waals surface area (Å²) in [6, 6.07) is 2.50. The summed E-state index contributed by atoms with van der Waals surface area (Å²) in [4.78, 5) is 10.9. The van der Waals surface area contributed by atoms with Gasteiger partial charge in [-0.3, -0.25) is 0 Å². The molecule has 1 aromatic heterocycles. The second-order valence-corrected chi connectivity index (χ2v) is 5.66. The van der Waals surface area contributed by atoms with Crippen molar-refractivity contribution in [2.24, 2.45) is 0 Å². The van der Waals surface area contributed by atoms with Crippen molar-refractivity contribution in [1.29, 1.82) is 0 Å². The molecule has 100 valence electrons. The quantitative estimate of drug-likeness (QED) is 0.867. The molecule has 18 heavy (non-hydrogen) atoms. The molecule has 6 heteroatoms. The lowest BCUT2D eigenvalue weighted by atomic mass is 10.3. The van der Waals surface area contributed by atoms with E-state index in [1.807, 2.05) is 17.8 Å². The lowest BCUT2D eigenvalue weighted by molar-refractivity contribution is 0.689. The first-order valence-corrected chi connectivity index (χ1v) is 7.59. The Hall–Kier alpha value is -1.17. The zero-order valence-corrected chi connectivity index (χ0v) is 11.8.